The van der Waals surface area contributed by atoms with Crippen molar-refractivity contribution >= 4 is 5.91 Å². The topological polar surface area (TPSA) is 32.3 Å². The van der Waals surface area contributed by atoms with Crippen molar-refractivity contribution in [1.82, 2.24) is 10.2 Å². The summed E-state index contributed by atoms with van der Waals surface area (Å²) in [5.74, 6) is -0.219. The Morgan fingerprint density at radius 2 is 1.94 bits per heavy atom. The minimum Gasteiger partial charge on any atom is -0.347 e. The van der Waals surface area contributed by atoms with Crippen LogP contribution in [0.4, 0.5) is 4.39 Å². The second kappa shape index (κ2) is 5.61. The summed E-state index contributed by atoms with van der Waals surface area (Å²) in [5.41, 5.74) is 0.958. The quantitative estimate of drug-likeness (QED) is 0.838. The molecule has 0 saturated heterocycles. The molecule has 1 amide bonds. The van der Waals surface area contributed by atoms with Gasteiger partial charge in [-0.3, -0.25) is 4.79 Å². The van der Waals surface area contributed by atoms with Crippen molar-refractivity contribution < 1.29 is 9.18 Å². The molecule has 1 rings (SSSR count). The third kappa shape index (κ3) is 3.62. The van der Waals surface area contributed by atoms with Gasteiger partial charge in [-0.25, -0.2) is 4.39 Å². The first kappa shape index (κ1) is 12.6. The molecule has 1 atom stereocenters. The van der Waals surface area contributed by atoms with Gasteiger partial charge in [0.1, 0.15) is 5.82 Å². The Balaban J connectivity index is 2.45. The summed E-state index contributed by atoms with van der Waals surface area (Å²) in [5, 5.41) is 3.09. The molecule has 0 aromatic heterocycles. The minimum atomic E-state index is -0.249. The second-order valence-corrected chi connectivity index (χ2v) is 3.96. The number of hydrogen-bond acceptors (Lipinski definition) is 2. The Bertz CT molecular complexity index is 349. The SMILES string of the molecule is CC(NCc1ccc(F)cc1)C(=O)N(C)C. The van der Waals surface area contributed by atoms with Gasteiger partial charge in [-0.05, 0) is 24.6 Å². The number of likely N-dealkylation sites (N-methyl/N-ethyl adjacent to an activating group) is 1. The number of carbonyl (C=O) groups excluding carboxylic acids is 1. The van der Waals surface area contributed by atoms with Gasteiger partial charge in [0.2, 0.25) is 5.91 Å². The van der Waals surface area contributed by atoms with Crippen molar-refractivity contribution in [2.75, 3.05) is 14.1 Å². The van der Waals surface area contributed by atoms with Crippen LogP contribution in [0.25, 0.3) is 0 Å². The zero-order chi connectivity index (χ0) is 12.1. The highest BCUT2D eigenvalue weighted by Crippen LogP contribution is 2.02. The number of halogens is 1. The van der Waals surface area contributed by atoms with Crippen LogP contribution in [0.3, 0.4) is 0 Å². The lowest BCUT2D eigenvalue weighted by Crippen LogP contribution is -2.41. The van der Waals surface area contributed by atoms with E-state index < -0.39 is 0 Å². The molecular weight excluding hydrogens is 207 g/mol. The third-order valence-corrected chi connectivity index (χ3v) is 2.34. The Kier molecular flexibility index (Phi) is 4.43. The number of amides is 1. The Morgan fingerprint density at radius 3 is 2.44 bits per heavy atom. The van der Waals surface area contributed by atoms with Crippen molar-refractivity contribution in [2.45, 2.75) is 19.5 Å². The van der Waals surface area contributed by atoms with Crippen LogP contribution < -0.4 is 5.32 Å². The van der Waals surface area contributed by atoms with Gasteiger partial charge >= 0.3 is 0 Å². The standard InChI is InChI=1S/C12H17FN2O/c1-9(12(16)15(2)3)14-8-10-4-6-11(13)7-5-10/h4-7,9,14H,8H2,1-3H3. The van der Waals surface area contributed by atoms with E-state index in [2.05, 4.69) is 5.32 Å². The zero-order valence-corrected chi connectivity index (χ0v) is 9.83. The summed E-state index contributed by atoms with van der Waals surface area (Å²) in [6.45, 7) is 2.37. The van der Waals surface area contributed by atoms with Crippen LogP contribution in [0.1, 0.15) is 12.5 Å². The average Bonchev–Trinajstić information content (AvgIpc) is 2.26. The van der Waals surface area contributed by atoms with Crippen molar-refractivity contribution in [3.05, 3.63) is 35.6 Å². The summed E-state index contributed by atoms with van der Waals surface area (Å²) < 4.78 is 12.6. The van der Waals surface area contributed by atoms with Crippen molar-refractivity contribution in [2.24, 2.45) is 0 Å². The summed E-state index contributed by atoms with van der Waals surface area (Å²) in [6.07, 6.45) is 0. The Morgan fingerprint density at radius 1 is 1.38 bits per heavy atom. The van der Waals surface area contributed by atoms with E-state index in [4.69, 9.17) is 0 Å². The fourth-order valence-electron chi connectivity index (χ4n) is 1.35. The predicted molar refractivity (Wildman–Crippen MR) is 61.4 cm³/mol. The molecule has 1 N–H and O–H groups in total. The predicted octanol–water partition coefficient (Wildman–Crippen LogP) is 1.39. The van der Waals surface area contributed by atoms with Gasteiger partial charge in [-0.2, -0.15) is 0 Å². The van der Waals surface area contributed by atoms with E-state index in [1.807, 2.05) is 6.92 Å². The molecule has 0 spiro atoms. The molecular formula is C12H17FN2O. The van der Waals surface area contributed by atoms with Gasteiger partial charge in [0.15, 0.2) is 0 Å². The number of rotatable bonds is 4. The van der Waals surface area contributed by atoms with E-state index in [0.717, 1.165) is 5.56 Å². The average molecular weight is 224 g/mol. The van der Waals surface area contributed by atoms with Gasteiger partial charge < -0.3 is 10.2 Å². The van der Waals surface area contributed by atoms with Crippen LogP contribution in [-0.4, -0.2) is 30.9 Å². The van der Waals surface area contributed by atoms with Crippen LogP contribution in [-0.2, 0) is 11.3 Å². The normalized spacial score (nSPS) is 12.2. The molecule has 0 saturated carbocycles. The summed E-state index contributed by atoms with van der Waals surface area (Å²) in [7, 11) is 3.44. The molecule has 1 unspecified atom stereocenters. The van der Waals surface area contributed by atoms with Gasteiger partial charge in [0, 0.05) is 20.6 Å². The lowest BCUT2D eigenvalue weighted by Gasteiger charge is -2.17. The van der Waals surface area contributed by atoms with Gasteiger partial charge in [-0.15, -0.1) is 0 Å². The molecule has 0 aliphatic heterocycles. The molecule has 0 radical (unpaired) electrons. The van der Waals surface area contributed by atoms with Crippen LogP contribution in [0.15, 0.2) is 24.3 Å². The highest BCUT2D eigenvalue weighted by atomic mass is 19.1. The molecule has 88 valence electrons. The first-order valence-electron chi connectivity index (χ1n) is 5.19. The lowest BCUT2D eigenvalue weighted by atomic mass is 10.2. The summed E-state index contributed by atoms with van der Waals surface area (Å²) >= 11 is 0. The van der Waals surface area contributed by atoms with Crippen LogP contribution in [0.5, 0.6) is 0 Å². The smallest absolute Gasteiger partial charge is 0.238 e. The zero-order valence-electron chi connectivity index (χ0n) is 9.83. The largest absolute Gasteiger partial charge is 0.347 e. The minimum absolute atomic E-state index is 0.0297. The molecule has 0 aliphatic rings. The molecule has 0 bridgehead atoms. The van der Waals surface area contributed by atoms with Gasteiger partial charge in [0.05, 0.1) is 6.04 Å². The highest BCUT2D eigenvalue weighted by molar-refractivity contribution is 5.80. The molecule has 1 aromatic carbocycles. The molecule has 3 nitrogen and oxygen atoms in total. The third-order valence-electron chi connectivity index (χ3n) is 2.34. The van der Waals surface area contributed by atoms with Crippen LogP contribution in [0, 0.1) is 5.82 Å². The van der Waals surface area contributed by atoms with E-state index in [-0.39, 0.29) is 17.8 Å². The van der Waals surface area contributed by atoms with Crippen molar-refractivity contribution in [3.63, 3.8) is 0 Å². The van der Waals surface area contributed by atoms with Crippen LogP contribution in [0.2, 0.25) is 0 Å². The highest BCUT2D eigenvalue weighted by Gasteiger charge is 2.13. The van der Waals surface area contributed by atoms with E-state index in [9.17, 15) is 9.18 Å². The second-order valence-electron chi connectivity index (χ2n) is 3.96. The summed E-state index contributed by atoms with van der Waals surface area (Å²) in [4.78, 5) is 13.1. The molecule has 0 fully saturated rings. The lowest BCUT2D eigenvalue weighted by molar-refractivity contribution is -0.130. The van der Waals surface area contributed by atoms with Crippen molar-refractivity contribution in [3.8, 4) is 0 Å². The van der Waals surface area contributed by atoms with Crippen molar-refractivity contribution in [1.29, 1.82) is 0 Å². The molecule has 4 heteroatoms. The maximum Gasteiger partial charge on any atom is 0.238 e. The monoisotopic (exact) mass is 224 g/mol. The summed E-state index contributed by atoms with van der Waals surface area (Å²) in [6, 6.07) is 6.00. The van der Waals surface area contributed by atoms with Gasteiger partial charge in [0.25, 0.3) is 0 Å². The molecule has 1 aromatic rings. The maximum atomic E-state index is 12.6. The van der Waals surface area contributed by atoms with E-state index >= 15 is 0 Å². The van der Waals surface area contributed by atoms with Crippen LogP contribution >= 0.6 is 0 Å². The fraction of sp³-hybridized carbons (Fsp3) is 0.417. The first-order chi connectivity index (χ1) is 7.50. The van der Waals surface area contributed by atoms with Gasteiger partial charge in [-0.1, -0.05) is 12.1 Å². The number of hydrogen-bond donors (Lipinski definition) is 1. The number of benzene rings is 1. The van der Waals surface area contributed by atoms with E-state index in [1.165, 1.54) is 12.1 Å². The first-order valence-corrected chi connectivity index (χ1v) is 5.19. The van der Waals surface area contributed by atoms with E-state index in [1.54, 1.807) is 31.1 Å². The number of nitrogens with one attached hydrogen (secondary N) is 1. The Labute approximate surface area is 95.3 Å². The Hall–Kier alpha value is -1.42. The van der Waals surface area contributed by atoms with E-state index in [0.29, 0.717) is 6.54 Å². The molecule has 0 heterocycles. The molecule has 0 aliphatic carbocycles. The number of carbonyl (C=O) groups is 1. The number of nitrogens with zero attached hydrogens (tertiary/aromatic N) is 1. The fourth-order valence-corrected chi connectivity index (χ4v) is 1.35. The molecule has 16 heavy (non-hydrogen) atoms. The maximum absolute atomic E-state index is 12.6.